The first kappa shape index (κ1) is 12.4. The van der Waals surface area contributed by atoms with Crippen molar-refractivity contribution >= 4 is 17.4 Å². The normalized spacial score (nSPS) is 9.94. The van der Waals surface area contributed by atoms with E-state index < -0.39 is 0 Å². The zero-order chi connectivity index (χ0) is 12.1. The molecule has 4 heteroatoms. The highest BCUT2D eigenvalue weighted by Crippen LogP contribution is 2.12. The summed E-state index contributed by atoms with van der Waals surface area (Å²) < 4.78 is 0. The summed E-state index contributed by atoms with van der Waals surface area (Å²) in [6.45, 7) is 5.22. The van der Waals surface area contributed by atoms with Crippen LogP contribution in [0.1, 0.15) is 31.2 Å². The van der Waals surface area contributed by atoms with Crippen molar-refractivity contribution in [2.45, 2.75) is 33.6 Å². The van der Waals surface area contributed by atoms with Crippen LogP contribution in [-0.4, -0.2) is 16.7 Å². The van der Waals surface area contributed by atoms with Gasteiger partial charge in [-0.05, 0) is 32.9 Å². The Kier molecular flexibility index (Phi) is 4.17. The Morgan fingerprint density at radius 1 is 1.25 bits per heavy atom. The number of carbonyl (C=O) groups is 2. The zero-order valence-electron chi connectivity index (χ0n) is 9.83. The summed E-state index contributed by atoms with van der Waals surface area (Å²) in [6, 6.07) is 3.66. The van der Waals surface area contributed by atoms with Crippen molar-refractivity contribution < 1.29 is 9.59 Å². The molecule has 86 valence electrons. The van der Waals surface area contributed by atoms with Gasteiger partial charge in [0.25, 0.3) is 0 Å². The highest BCUT2D eigenvalue weighted by Gasteiger charge is 2.06. The lowest BCUT2D eigenvalue weighted by atomic mass is 10.2. The van der Waals surface area contributed by atoms with Crippen LogP contribution in [0.15, 0.2) is 12.1 Å². The minimum Gasteiger partial charge on any atom is -0.324 e. The smallest absolute Gasteiger partial charge is 0.224 e. The van der Waals surface area contributed by atoms with E-state index in [1.54, 1.807) is 0 Å². The van der Waals surface area contributed by atoms with Crippen molar-refractivity contribution in [2.24, 2.45) is 0 Å². The van der Waals surface area contributed by atoms with Gasteiger partial charge in [-0.2, -0.15) is 0 Å². The number of anilines is 1. The van der Waals surface area contributed by atoms with Crippen molar-refractivity contribution in [1.29, 1.82) is 0 Å². The molecule has 0 radical (unpaired) electrons. The molecule has 16 heavy (non-hydrogen) atoms. The van der Waals surface area contributed by atoms with Crippen molar-refractivity contribution in [2.75, 3.05) is 5.32 Å². The second-order valence-corrected chi connectivity index (χ2v) is 3.84. The lowest BCUT2D eigenvalue weighted by Crippen LogP contribution is -2.13. The van der Waals surface area contributed by atoms with Crippen LogP contribution >= 0.6 is 0 Å². The number of Topliss-reactive ketones (excluding diaryl/α,β-unsaturated/α-hetero) is 1. The number of carbonyl (C=O) groups excluding carboxylic acids is 2. The summed E-state index contributed by atoms with van der Waals surface area (Å²) >= 11 is 0. The van der Waals surface area contributed by atoms with Crippen molar-refractivity contribution in [3.63, 3.8) is 0 Å². The summed E-state index contributed by atoms with van der Waals surface area (Å²) in [7, 11) is 0. The number of rotatable bonds is 4. The standard InChI is InChI=1S/C12H16N2O2/c1-8-4-6-11(10(3)13-8)14-12(16)7-5-9(2)15/h4,6H,5,7H2,1-3H3,(H,14,16). The van der Waals surface area contributed by atoms with E-state index in [0.29, 0.717) is 5.69 Å². The maximum Gasteiger partial charge on any atom is 0.224 e. The number of aryl methyl sites for hydroxylation is 2. The number of hydrogen-bond donors (Lipinski definition) is 1. The van der Waals surface area contributed by atoms with Crippen molar-refractivity contribution in [3.8, 4) is 0 Å². The van der Waals surface area contributed by atoms with E-state index in [1.807, 2.05) is 26.0 Å². The molecule has 0 saturated carbocycles. The molecule has 0 aromatic carbocycles. The lowest BCUT2D eigenvalue weighted by molar-refractivity contribution is -0.121. The van der Waals surface area contributed by atoms with E-state index in [2.05, 4.69) is 10.3 Å². The summed E-state index contributed by atoms with van der Waals surface area (Å²) in [6.07, 6.45) is 0.507. The van der Waals surface area contributed by atoms with Crippen LogP contribution < -0.4 is 5.32 Å². The average molecular weight is 220 g/mol. The first-order valence-corrected chi connectivity index (χ1v) is 5.22. The SMILES string of the molecule is CC(=O)CCC(=O)Nc1ccc(C)nc1C. The Labute approximate surface area is 95.1 Å². The molecular formula is C12H16N2O2. The Balaban J connectivity index is 2.59. The third-order valence-electron chi connectivity index (χ3n) is 2.20. The number of pyridine rings is 1. The van der Waals surface area contributed by atoms with Crippen LogP contribution in [0.3, 0.4) is 0 Å². The van der Waals surface area contributed by atoms with Crippen LogP contribution in [0.5, 0.6) is 0 Å². The number of ketones is 1. The molecule has 1 N–H and O–H groups in total. The Bertz CT molecular complexity index is 413. The van der Waals surface area contributed by atoms with Gasteiger partial charge in [0.2, 0.25) is 5.91 Å². The maximum absolute atomic E-state index is 11.5. The van der Waals surface area contributed by atoms with E-state index in [-0.39, 0.29) is 24.5 Å². The van der Waals surface area contributed by atoms with Crippen LogP contribution in [0.2, 0.25) is 0 Å². The molecule has 0 bridgehead atoms. The number of amides is 1. The molecule has 1 heterocycles. The summed E-state index contributed by atoms with van der Waals surface area (Å²) in [4.78, 5) is 26.4. The zero-order valence-corrected chi connectivity index (χ0v) is 9.83. The largest absolute Gasteiger partial charge is 0.324 e. The Hall–Kier alpha value is -1.71. The fourth-order valence-corrected chi connectivity index (χ4v) is 1.32. The van der Waals surface area contributed by atoms with Gasteiger partial charge in [0.05, 0.1) is 11.4 Å². The molecule has 0 fully saturated rings. The molecule has 1 rings (SSSR count). The molecule has 0 aliphatic carbocycles. The molecular weight excluding hydrogens is 204 g/mol. The van der Waals surface area contributed by atoms with Gasteiger partial charge in [-0.1, -0.05) is 0 Å². The van der Waals surface area contributed by atoms with Crippen LogP contribution in [0.25, 0.3) is 0 Å². The molecule has 0 saturated heterocycles. The molecule has 1 amide bonds. The molecule has 0 atom stereocenters. The molecule has 0 unspecified atom stereocenters. The molecule has 0 spiro atoms. The van der Waals surface area contributed by atoms with Gasteiger partial charge in [-0.25, -0.2) is 0 Å². The molecule has 1 aromatic rings. The maximum atomic E-state index is 11.5. The lowest BCUT2D eigenvalue weighted by Gasteiger charge is -2.07. The van der Waals surface area contributed by atoms with E-state index >= 15 is 0 Å². The minimum absolute atomic E-state index is 0.0221. The highest BCUT2D eigenvalue weighted by atomic mass is 16.2. The third kappa shape index (κ3) is 3.81. The van der Waals surface area contributed by atoms with Crippen LogP contribution in [0.4, 0.5) is 5.69 Å². The van der Waals surface area contributed by atoms with Gasteiger partial charge in [-0.3, -0.25) is 9.78 Å². The predicted octanol–water partition coefficient (Wildman–Crippen LogP) is 2.01. The summed E-state index contributed by atoms with van der Waals surface area (Å²) in [5.41, 5.74) is 2.41. The second kappa shape index (κ2) is 5.39. The summed E-state index contributed by atoms with van der Waals surface area (Å²) in [5, 5.41) is 2.74. The topological polar surface area (TPSA) is 59.1 Å². The highest BCUT2D eigenvalue weighted by molar-refractivity contribution is 5.93. The van der Waals surface area contributed by atoms with Crippen LogP contribution in [-0.2, 0) is 9.59 Å². The molecule has 4 nitrogen and oxygen atoms in total. The minimum atomic E-state index is -0.149. The number of nitrogens with zero attached hydrogens (tertiary/aromatic N) is 1. The first-order valence-electron chi connectivity index (χ1n) is 5.22. The van der Waals surface area contributed by atoms with Gasteiger partial charge >= 0.3 is 0 Å². The Morgan fingerprint density at radius 2 is 1.94 bits per heavy atom. The van der Waals surface area contributed by atoms with Gasteiger partial charge in [0.1, 0.15) is 5.78 Å². The predicted molar refractivity (Wildman–Crippen MR) is 62.3 cm³/mol. The fourth-order valence-electron chi connectivity index (χ4n) is 1.32. The second-order valence-electron chi connectivity index (χ2n) is 3.84. The van der Waals surface area contributed by atoms with Crippen LogP contribution in [0, 0.1) is 13.8 Å². The third-order valence-corrected chi connectivity index (χ3v) is 2.20. The van der Waals surface area contributed by atoms with E-state index in [9.17, 15) is 9.59 Å². The van der Waals surface area contributed by atoms with Gasteiger partial charge in [0, 0.05) is 18.5 Å². The average Bonchev–Trinajstić information content (AvgIpc) is 2.19. The fraction of sp³-hybridized carbons (Fsp3) is 0.417. The van der Waals surface area contributed by atoms with Crippen molar-refractivity contribution in [3.05, 3.63) is 23.5 Å². The van der Waals surface area contributed by atoms with E-state index in [4.69, 9.17) is 0 Å². The van der Waals surface area contributed by atoms with E-state index in [1.165, 1.54) is 6.92 Å². The number of aromatic nitrogens is 1. The van der Waals surface area contributed by atoms with Gasteiger partial charge in [-0.15, -0.1) is 0 Å². The summed E-state index contributed by atoms with van der Waals surface area (Å²) in [5.74, 6) is -0.127. The monoisotopic (exact) mass is 220 g/mol. The van der Waals surface area contributed by atoms with Crippen molar-refractivity contribution in [1.82, 2.24) is 4.98 Å². The first-order chi connectivity index (χ1) is 7.49. The number of hydrogen-bond acceptors (Lipinski definition) is 3. The Morgan fingerprint density at radius 3 is 2.50 bits per heavy atom. The van der Waals surface area contributed by atoms with Gasteiger partial charge in [0.15, 0.2) is 0 Å². The molecule has 0 aliphatic heterocycles. The van der Waals surface area contributed by atoms with Gasteiger partial charge < -0.3 is 10.1 Å². The quantitative estimate of drug-likeness (QED) is 0.844. The molecule has 0 aliphatic rings. The molecule has 1 aromatic heterocycles. The number of nitrogens with one attached hydrogen (secondary N) is 1. The van der Waals surface area contributed by atoms with E-state index in [0.717, 1.165) is 11.4 Å².